The summed E-state index contributed by atoms with van der Waals surface area (Å²) in [7, 11) is 0. The summed E-state index contributed by atoms with van der Waals surface area (Å²) in [6.45, 7) is 12.1. The third-order valence-electron chi connectivity index (χ3n) is 4.98. The number of benzene rings is 2. The van der Waals surface area contributed by atoms with Gasteiger partial charge in [-0.3, -0.25) is 0 Å². The van der Waals surface area contributed by atoms with Gasteiger partial charge in [0.05, 0.1) is 0 Å². The first kappa shape index (κ1) is 13.5. The summed E-state index contributed by atoms with van der Waals surface area (Å²) in [6.07, 6.45) is 0. The highest BCUT2D eigenvalue weighted by atomic mass is 14.3. The van der Waals surface area contributed by atoms with Gasteiger partial charge < -0.3 is 0 Å². The molecule has 0 fully saturated rings. The van der Waals surface area contributed by atoms with Crippen LogP contribution >= 0.6 is 0 Å². The maximum atomic E-state index is 2.43. The zero-order valence-electron chi connectivity index (χ0n) is 13.2. The first-order valence-corrected chi connectivity index (χ1v) is 7.66. The normalized spacial score (nSPS) is 16.0. The van der Waals surface area contributed by atoms with Gasteiger partial charge in [-0.25, -0.2) is 0 Å². The zero-order chi connectivity index (χ0) is 14.5. The Balaban J connectivity index is 2.25. The van der Waals surface area contributed by atoms with Crippen LogP contribution in [0.5, 0.6) is 0 Å². The van der Waals surface area contributed by atoms with Crippen LogP contribution in [0.2, 0.25) is 6.82 Å². The van der Waals surface area contributed by atoms with Crippen molar-refractivity contribution in [1.82, 2.24) is 0 Å². The van der Waals surface area contributed by atoms with Gasteiger partial charge in [-0.1, -0.05) is 87.9 Å². The summed E-state index contributed by atoms with van der Waals surface area (Å²) in [4.78, 5) is 0. The van der Waals surface area contributed by atoms with Crippen LogP contribution in [0, 0.1) is 0 Å². The third-order valence-corrected chi connectivity index (χ3v) is 4.98. The fourth-order valence-electron chi connectivity index (χ4n) is 3.62. The molecule has 1 aliphatic heterocycles. The molecule has 102 valence electrons. The van der Waals surface area contributed by atoms with Gasteiger partial charge in [-0.05, 0) is 22.6 Å². The lowest BCUT2D eigenvalue weighted by molar-refractivity contribution is 0.645. The standard InChI is InChI=1S/C19H23B/c1-13(2)14-10-11-16-18(12-14)20(5)17-9-7-6-8-15(17)19(16,3)4/h6-13H,1-5H3. The lowest BCUT2D eigenvalue weighted by Gasteiger charge is -2.38. The van der Waals surface area contributed by atoms with Gasteiger partial charge in [0.2, 0.25) is 6.71 Å². The Hall–Kier alpha value is -1.50. The van der Waals surface area contributed by atoms with Crippen molar-refractivity contribution < 1.29 is 0 Å². The molecule has 20 heavy (non-hydrogen) atoms. The van der Waals surface area contributed by atoms with E-state index in [0.29, 0.717) is 12.6 Å². The average Bonchev–Trinajstić information content (AvgIpc) is 2.44. The van der Waals surface area contributed by atoms with Crippen LogP contribution in [0.4, 0.5) is 0 Å². The molecule has 0 nitrogen and oxygen atoms in total. The summed E-state index contributed by atoms with van der Waals surface area (Å²) in [5.41, 5.74) is 7.54. The average molecular weight is 262 g/mol. The highest BCUT2D eigenvalue weighted by molar-refractivity contribution is 6.85. The first-order valence-electron chi connectivity index (χ1n) is 7.66. The number of rotatable bonds is 1. The Morgan fingerprint density at radius 3 is 2.25 bits per heavy atom. The van der Waals surface area contributed by atoms with Crippen LogP contribution < -0.4 is 10.9 Å². The van der Waals surface area contributed by atoms with Crippen molar-refractivity contribution in [3.63, 3.8) is 0 Å². The number of hydrogen-bond donors (Lipinski definition) is 0. The zero-order valence-corrected chi connectivity index (χ0v) is 13.2. The third kappa shape index (κ3) is 1.83. The molecule has 1 aliphatic rings. The lowest BCUT2D eigenvalue weighted by atomic mass is 9.36. The van der Waals surface area contributed by atoms with Crippen LogP contribution in [0.25, 0.3) is 0 Å². The molecule has 0 amide bonds. The predicted molar refractivity (Wildman–Crippen MR) is 90.0 cm³/mol. The van der Waals surface area contributed by atoms with E-state index in [-0.39, 0.29) is 5.41 Å². The van der Waals surface area contributed by atoms with E-state index in [4.69, 9.17) is 0 Å². The molecule has 1 heterocycles. The maximum absolute atomic E-state index is 2.43. The van der Waals surface area contributed by atoms with Gasteiger partial charge in [-0.2, -0.15) is 0 Å². The van der Waals surface area contributed by atoms with Crippen molar-refractivity contribution >= 4 is 17.6 Å². The Morgan fingerprint density at radius 1 is 0.900 bits per heavy atom. The highest BCUT2D eigenvalue weighted by Crippen LogP contribution is 2.33. The van der Waals surface area contributed by atoms with Crippen molar-refractivity contribution in [3.05, 3.63) is 59.2 Å². The van der Waals surface area contributed by atoms with Crippen LogP contribution in [-0.2, 0) is 5.41 Å². The molecule has 0 bridgehead atoms. The van der Waals surface area contributed by atoms with Crippen LogP contribution in [-0.4, -0.2) is 6.71 Å². The molecule has 0 saturated heterocycles. The molecule has 0 aromatic heterocycles. The molecule has 0 spiro atoms. The Morgan fingerprint density at radius 2 is 1.55 bits per heavy atom. The van der Waals surface area contributed by atoms with Gasteiger partial charge in [0.15, 0.2) is 0 Å². The van der Waals surface area contributed by atoms with Crippen molar-refractivity contribution in [1.29, 1.82) is 0 Å². The molecule has 0 saturated carbocycles. The van der Waals surface area contributed by atoms with Crippen molar-refractivity contribution in [2.75, 3.05) is 0 Å². The molecule has 1 heteroatoms. The molecule has 0 N–H and O–H groups in total. The van der Waals surface area contributed by atoms with E-state index in [0.717, 1.165) is 0 Å². The van der Waals surface area contributed by atoms with Gasteiger partial charge in [0.1, 0.15) is 0 Å². The largest absolute Gasteiger partial charge is 0.207 e. The van der Waals surface area contributed by atoms with E-state index >= 15 is 0 Å². The van der Waals surface area contributed by atoms with Gasteiger partial charge >= 0.3 is 0 Å². The molecule has 0 unspecified atom stereocenters. The van der Waals surface area contributed by atoms with E-state index < -0.39 is 0 Å². The molecule has 0 atom stereocenters. The second-order valence-electron chi connectivity index (χ2n) is 6.94. The summed E-state index contributed by atoms with van der Waals surface area (Å²) in [5, 5.41) is 0. The topological polar surface area (TPSA) is 0 Å². The molecule has 0 aliphatic carbocycles. The maximum Gasteiger partial charge on any atom is 0.207 e. The number of hydrogen-bond acceptors (Lipinski definition) is 0. The molecule has 0 radical (unpaired) electrons. The second-order valence-corrected chi connectivity index (χ2v) is 6.94. The van der Waals surface area contributed by atoms with E-state index in [1.807, 2.05) is 0 Å². The summed E-state index contributed by atoms with van der Waals surface area (Å²) in [6, 6.07) is 16.0. The van der Waals surface area contributed by atoms with E-state index in [1.165, 1.54) is 27.6 Å². The molecule has 2 aromatic rings. The fourth-order valence-corrected chi connectivity index (χ4v) is 3.62. The van der Waals surface area contributed by atoms with Crippen molar-refractivity contribution in [2.24, 2.45) is 0 Å². The van der Waals surface area contributed by atoms with E-state index in [1.54, 1.807) is 0 Å². The fraction of sp³-hybridized carbons (Fsp3) is 0.368. The minimum Gasteiger partial charge on any atom is -0.0774 e. The van der Waals surface area contributed by atoms with Crippen LogP contribution in [0.3, 0.4) is 0 Å². The van der Waals surface area contributed by atoms with Crippen molar-refractivity contribution in [2.45, 2.75) is 45.9 Å². The molecule has 2 aromatic carbocycles. The summed E-state index contributed by atoms with van der Waals surface area (Å²) in [5.74, 6) is 0.591. The van der Waals surface area contributed by atoms with Gasteiger partial charge in [0.25, 0.3) is 0 Å². The molecule has 3 rings (SSSR count). The molecular weight excluding hydrogens is 239 g/mol. The van der Waals surface area contributed by atoms with E-state index in [9.17, 15) is 0 Å². The monoisotopic (exact) mass is 262 g/mol. The summed E-state index contributed by atoms with van der Waals surface area (Å²) < 4.78 is 0. The van der Waals surface area contributed by atoms with Crippen LogP contribution in [0.15, 0.2) is 42.5 Å². The Bertz CT molecular complexity index is 653. The lowest BCUT2D eigenvalue weighted by Crippen LogP contribution is -2.52. The Labute approximate surface area is 123 Å². The quantitative estimate of drug-likeness (QED) is 0.687. The van der Waals surface area contributed by atoms with Gasteiger partial charge in [-0.15, -0.1) is 0 Å². The first-order chi connectivity index (χ1) is 9.43. The van der Waals surface area contributed by atoms with Crippen LogP contribution in [0.1, 0.15) is 50.3 Å². The van der Waals surface area contributed by atoms with E-state index in [2.05, 4.69) is 77.0 Å². The minimum absolute atomic E-state index is 0.105. The smallest absolute Gasteiger partial charge is 0.0774 e. The Kier molecular flexibility index (Phi) is 3.04. The molecular formula is C19H23B. The highest BCUT2D eigenvalue weighted by Gasteiger charge is 2.36. The second kappa shape index (κ2) is 4.51. The minimum atomic E-state index is 0.105. The number of fused-ring (bicyclic) bond motifs is 2. The van der Waals surface area contributed by atoms with Crippen molar-refractivity contribution in [3.8, 4) is 0 Å². The SMILES string of the molecule is CB1c2ccccc2C(C)(C)c2ccc(C(C)C)cc21. The predicted octanol–water partition coefficient (Wildman–Crippen LogP) is 3.69. The summed E-state index contributed by atoms with van der Waals surface area (Å²) >= 11 is 0. The van der Waals surface area contributed by atoms with Gasteiger partial charge in [0, 0.05) is 5.41 Å².